The summed E-state index contributed by atoms with van der Waals surface area (Å²) < 4.78 is 23.1. The van der Waals surface area contributed by atoms with Crippen molar-refractivity contribution in [2.75, 3.05) is 5.88 Å². The van der Waals surface area contributed by atoms with E-state index in [2.05, 4.69) is 0 Å². The first-order chi connectivity index (χ1) is 19.9. The highest BCUT2D eigenvalue weighted by Crippen LogP contribution is 2.72. The van der Waals surface area contributed by atoms with Crippen LogP contribution < -0.4 is 0 Å². The van der Waals surface area contributed by atoms with Gasteiger partial charge in [-0.15, -0.1) is 23.2 Å². The molecule has 222 valence electrons. The molecule has 2 aromatic heterocycles. The van der Waals surface area contributed by atoms with Crippen molar-refractivity contribution in [2.45, 2.75) is 63.0 Å². The summed E-state index contributed by atoms with van der Waals surface area (Å²) in [4.78, 5) is 52.0. The Bertz CT molecular complexity index is 1490. The molecule has 0 bridgehead atoms. The van der Waals surface area contributed by atoms with E-state index in [0.717, 1.165) is 5.57 Å². The van der Waals surface area contributed by atoms with Crippen molar-refractivity contribution in [1.29, 1.82) is 0 Å². The number of allylic oxidation sites excluding steroid dienone is 4. The summed E-state index contributed by atoms with van der Waals surface area (Å²) in [5, 5.41) is 0. The van der Waals surface area contributed by atoms with Gasteiger partial charge < -0.3 is 18.3 Å². The third-order valence-electron chi connectivity index (χ3n) is 10.6. The van der Waals surface area contributed by atoms with Crippen LogP contribution in [-0.2, 0) is 19.1 Å². The number of alkyl halides is 2. The van der Waals surface area contributed by atoms with Gasteiger partial charge in [-0.1, -0.05) is 32.4 Å². The lowest BCUT2D eigenvalue weighted by atomic mass is 9.45. The number of ketones is 2. The van der Waals surface area contributed by atoms with Crippen molar-refractivity contribution in [3.05, 3.63) is 72.1 Å². The van der Waals surface area contributed by atoms with E-state index in [0.29, 0.717) is 19.3 Å². The van der Waals surface area contributed by atoms with Crippen LogP contribution in [0.5, 0.6) is 0 Å². The average Bonchev–Trinajstić information content (AvgIpc) is 3.72. The monoisotopic (exact) mass is 614 g/mol. The van der Waals surface area contributed by atoms with Gasteiger partial charge in [-0.25, -0.2) is 9.59 Å². The highest BCUT2D eigenvalue weighted by molar-refractivity contribution is 6.29. The third kappa shape index (κ3) is 3.80. The molecule has 2 heterocycles. The fraction of sp³-hybridized carbons (Fsp3) is 0.500. The van der Waals surface area contributed by atoms with Crippen molar-refractivity contribution >= 4 is 46.7 Å². The van der Waals surface area contributed by atoms with Gasteiger partial charge in [-0.3, -0.25) is 9.59 Å². The molecular weight excluding hydrogens is 583 g/mol. The molecule has 42 heavy (non-hydrogen) atoms. The molecule has 10 heteroatoms. The smallest absolute Gasteiger partial charge is 0.375 e. The molecule has 6 rings (SSSR count). The van der Waals surface area contributed by atoms with Gasteiger partial charge in [0, 0.05) is 16.7 Å². The molecule has 3 fully saturated rings. The summed E-state index contributed by atoms with van der Waals surface area (Å²) in [6.45, 7) is 5.78. The SMILES string of the molecule is C[C@H]1C[C@@H]2[C@H]3CCC4=CC(=O)C=C[C@]4(C)[C@]3(Cl)[C@@H](OC(=O)c3ccco3)C[C@@]2(C)[C@]1(OC(=O)c1ccco1)C(=O)CCl. The molecule has 0 N–H and O–H groups in total. The quantitative estimate of drug-likeness (QED) is 0.274. The molecule has 8 atom stereocenters. The lowest BCUT2D eigenvalue weighted by Crippen LogP contribution is -2.70. The molecule has 0 aromatic carbocycles. The third-order valence-corrected chi connectivity index (χ3v) is 11.8. The minimum Gasteiger partial charge on any atom is -0.457 e. The fourth-order valence-corrected chi connectivity index (χ4v) is 9.53. The summed E-state index contributed by atoms with van der Waals surface area (Å²) in [6.07, 6.45) is 8.58. The zero-order valence-corrected chi connectivity index (χ0v) is 25.1. The second-order valence-corrected chi connectivity index (χ2v) is 13.3. The second-order valence-electron chi connectivity index (χ2n) is 12.4. The number of carbonyl (C=O) groups excluding carboxylic acids is 4. The molecule has 0 aliphatic heterocycles. The first kappa shape index (κ1) is 29.0. The van der Waals surface area contributed by atoms with E-state index in [4.69, 9.17) is 41.5 Å². The largest absolute Gasteiger partial charge is 0.457 e. The highest BCUT2D eigenvalue weighted by atomic mass is 35.5. The van der Waals surface area contributed by atoms with Gasteiger partial charge >= 0.3 is 11.9 Å². The van der Waals surface area contributed by atoms with E-state index in [9.17, 15) is 19.2 Å². The Morgan fingerprint density at radius 3 is 2.33 bits per heavy atom. The van der Waals surface area contributed by atoms with Gasteiger partial charge in [0.1, 0.15) is 6.10 Å². The number of carbonyl (C=O) groups is 4. The number of Topliss-reactive ketones (excluding diaryl/α,β-unsaturated/α-hetero) is 1. The molecule has 0 saturated heterocycles. The molecule has 0 radical (unpaired) electrons. The van der Waals surface area contributed by atoms with E-state index < -0.39 is 51.0 Å². The van der Waals surface area contributed by atoms with Gasteiger partial charge in [0.15, 0.2) is 17.2 Å². The molecule has 8 nitrogen and oxygen atoms in total. The number of halogens is 2. The van der Waals surface area contributed by atoms with E-state index in [1.165, 1.54) is 30.7 Å². The number of ether oxygens (including phenoxy) is 2. The molecular formula is C32H32Cl2O8. The molecule has 4 aliphatic carbocycles. The van der Waals surface area contributed by atoms with Crippen LogP contribution in [0.15, 0.2) is 69.4 Å². The van der Waals surface area contributed by atoms with Crippen molar-refractivity contribution in [1.82, 2.24) is 0 Å². The first-order valence-corrected chi connectivity index (χ1v) is 15.1. The highest BCUT2D eigenvalue weighted by Gasteiger charge is 2.77. The van der Waals surface area contributed by atoms with Crippen molar-refractivity contribution in [3.8, 4) is 0 Å². The van der Waals surface area contributed by atoms with E-state index >= 15 is 0 Å². The zero-order chi connectivity index (χ0) is 30.1. The Hall–Kier alpha value is -3.10. The van der Waals surface area contributed by atoms with Crippen molar-refractivity contribution in [2.24, 2.45) is 28.6 Å². The van der Waals surface area contributed by atoms with Gasteiger partial charge in [0.2, 0.25) is 11.5 Å². The summed E-state index contributed by atoms with van der Waals surface area (Å²) in [6, 6.07) is 6.14. The topological polar surface area (TPSA) is 113 Å². The predicted molar refractivity (Wildman–Crippen MR) is 152 cm³/mol. The fourth-order valence-electron chi connectivity index (χ4n) is 8.76. The van der Waals surface area contributed by atoms with Crippen molar-refractivity contribution in [3.63, 3.8) is 0 Å². The van der Waals surface area contributed by atoms with Crippen LogP contribution >= 0.6 is 23.2 Å². The van der Waals surface area contributed by atoms with Crippen LogP contribution in [0.1, 0.15) is 67.6 Å². The number of furan rings is 2. The Kier molecular flexibility index (Phi) is 6.89. The van der Waals surface area contributed by atoms with E-state index in [1.807, 2.05) is 26.8 Å². The lowest BCUT2D eigenvalue weighted by molar-refractivity contribution is -0.177. The van der Waals surface area contributed by atoms with E-state index in [1.54, 1.807) is 18.2 Å². The Balaban J connectivity index is 1.50. The Morgan fingerprint density at radius 2 is 1.71 bits per heavy atom. The Labute approximate surface area is 253 Å². The minimum atomic E-state index is -1.63. The van der Waals surface area contributed by atoms with Gasteiger partial charge in [0.25, 0.3) is 0 Å². The van der Waals surface area contributed by atoms with E-state index in [-0.39, 0.29) is 41.4 Å². The minimum absolute atomic E-state index is 0.0114. The summed E-state index contributed by atoms with van der Waals surface area (Å²) in [5.41, 5.74) is -2.59. The zero-order valence-electron chi connectivity index (χ0n) is 23.6. The van der Waals surface area contributed by atoms with Crippen LogP contribution in [0.25, 0.3) is 0 Å². The Morgan fingerprint density at radius 1 is 1.05 bits per heavy atom. The second kappa shape index (κ2) is 9.98. The summed E-state index contributed by atoms with van der Waals surface area (Å²) >= 11 is 14.1. The van der Waals surface area contributed by atoms with Crippen LogP contribution in [0.2, 0.25) is 0 Å². The van der Waals surface area contributed by atoms with Crippen LogP contribution in [-0.4, -0.2) is 46.0 Å². The van der Waals surface area contributed by atoms with Crippen LogP contribution in [0, 0.1) is 28.6 Å². The maximum absolute atomic E-state index is 13.9. The summed E-state index contributed by atoms with van der Waals surface area (Å²) in [7, 11) is 0. The predicted octanol–water partition coefficient (Wildman–Crippen LogP) is 6.33. The molecule has 0 amide bonds. The number of rotatable bonds is 6. The number of fused-ring (bicyclic) bond motifs is 5. The first-order valence-electron chi connectivity index (χ1n) is 14.2. The normalized spacial score (nSPS) is 38.6. The standard InChI is InChI=1S/C32H32Cl2O8/c1-18-14-22-21-9-8-19-15-20(35)10-11-29(19,2)31(21,34)26(41-27(37)23-6-4-12-39-23)16-30(22,3)32(18,25(36)17-33)42-28(38)24-7-5-13-40-24/h4-7,10-13,15,18,21-22,26H,8-9,14,16-17H2,1-3H3/t18-,21+,22+,26-,29-,30+,31+,32+/m0/s1. The van der Waals surface area contributed by atoms with Crippen LogP contribution in [0.3, 0.4) is 0 Å². The van der Waals surface area contributed by atoms with Gasteiger partial charge in [0.05, 0.1) is 23.3 Å². The van der Waals surface area contributed by atoms with Crippen molar-refractivity contribution < 1.29 is 37.5 Å². The lowest BCUT2D eigenvalue weighted by Gasteiger charge is -2.64. The van der Waals surface area contributed by atoms with Gasteiger partial charge in [-0.05, 0) is 73.9 Å². The summed E-state index contributed by atoms with van der Waals surface area (Å²) in [5.74, 6) is -3.31. The average molecular weight is 616 g/mol. The molecule has 0 spiro atoms. The number of hydrogen-bond donors (Lipinski definition) is 0. The molecule has 3 saturated carbocycles. The number of esters is 2. The molecule has 2 aromatic rings. The maximum atomic E-state index is 13.9. The maximum Gasteiger partial charge on any atom is 0.375 e. The van der Waals surface area contributed by atoms with Gasteiger partial charge in [-0.2, -0.15) is 0 Å². The number of hydrogen-bond acceptors (Lipinski definition) is 8. The molecule has 4 aliphatic rings. The van der Waals surface area contributed by atoms with Crippen LogP contribution in [0.4, 0.5) is 0 Å². The molecule has 0 unspecified atom stereocenters.